The van der Waals surface area contributed by atoms with Gasteiger partial charge in [-0.1, -0.05) is 49.6 Å². The maximum Gasteiger partial charge on any atom is 0.223 e. The molecule has 0 saturated heterocycles. The molecule has 1 fully saturated rings. The molecule has 0 aliphatic heterocycles. The maximum absolute atomic E-state index is 14.3. The van der Waals surface area contributed by atoms with Gasteiger partial charge < -0.3 is 9.88 Å². The van der Waals surface area contributed by atoms with Crippen LogP contribution in [-0.4, -0.2) is 15.5 Å². The van der Waals surface area contributed by atoms with Crippen molar-refractivity contribution in [1.82, 2.24) is 14.9 Å². The lowest BCUT2D eigenvalue weighted by molar-refractivity contribution is -0.126. The number of nitrogens with zero attached hydrogens (tertiary/aromatic N) is 2. The predicted molar refractivity (Wildman–Crippen MR) is 108 cm³/mol. The lowest BCUT2D eigenvalue weighted by Crippen LogP contribution is -2.35. The highest BCUT2D eigenvalue weighted by atomic mass is 19.1. The third-order valence-electron chi connectivity index (χ3n) is 5.69. The van der Waals surface area contributed by atoms with E-state index in [0.29, 0.717) is 12.1 Å². The zero-order valence-electron chi connectivity index (χ0n) is 16.2. The van der Waals surface area contributed by atoms with Gasteiger partial charge in [0.15, 0.2) is 0 Å². The minimum atomic E-state index is -0.242. The number of imidazole rings is 1. The van der Waals surface area contributed by atoms with Crippen LogP contribution < -0.4 is 5.32 Å². The Hall–Kier alpha value is -2.69. The molecule has 0 bridgehead atoms. The molecular formula is C23H26FN3O. The molecule has 1 amide bonds. The summed E-state index contributed by atoms with van der Waals surface area (Å²) in [6.07, 6.45) is 5.39. The normalized spacial score (nSPS) is 16.2. The number of hydrogen-bond acceptors (Lipinski definition) is 2. The fourth-order valence-corrected chi connectivity index (χ4v) is 4.15. The van der Waals surface area contributed by atoms with Gasteiger partial charge in [-0.25, -0.2) is 9.37 Å². The van der Waals surface area contributed by atoms with Crippen LogP contribution in [-0.2, 0) is 11.3 Å². The largest absolute Gasteiger partial charge is 0.346 e. The lowest BCUT2D eigenvalue weighted by Gasteiger charge is -2.23. The number of carbonyl (C=O) groups excluding carboxylic acids is 1. The van der Waals surface area contributed by atoms with Crippen molar-refractivity contribution in [3.63, 3.8) is 0 Å². The summed E-state index contributed by atoms with van der Waals surface area (Å²) in [5.41, 5.74) is 2.41. The molecule has 4 rings (SSSR count). The Kier molecular flexibility index (Phi) is 5.42. The predicted octanol–water partition coefficient (Wildman–Crippen LogP) is 4.98. The molecule has 0 spiro atoms. The van der Waals surface area contributed by atoms with E-state index in [0.717, 1.165) is 42.5 Å². The Morgan fingerprint density at radius 1 is 1.14 bits per heavy atom. The molecule has 1 aliphatic carbocycles. The number of aromatic nitrogens is 2. The number of para-hydroxylation sites is 2. The molecule has 5 heteroatoms. The quantitative estimate of drug-likeness (QED) is 0.679. The summed E-state index contributed by atoms with van der Waals surface area (Å²) >= 11 is 0. The highest BCUT2D eigenvalue weighted by molar-refractivity contribution is 5.80. The summed E-state index contributed by atoms with van der Waals surface area (Å²) in [5, 5.41) is 3.15. The minimum absolute atomic E-state index is 0.0978. The smallest absolute Gasteiger partial charge is 0.223 e. The molecule has 1 atom stereocenters. The van der Waals surface area contributed by atoms with Gasteiger partial charge in [0.05, 0.1) is 23.6 Å². The van der Waals surface area contributed by atoms with Gasteiger partial charge >= 0.3 is 0 Å². The van der Waals surface area contributed by atoms with Crippen molar-refractivity contribution in [2.75, 3.05) is 0 Å². The second-order valence-corrected chi connectivity index (χ2v) is 7.70. The number of hydrogen-bond donors (Lipinski definition) is 1. The Balaban J connectivity index is 1.64. The molecule has 1 aliphatic rings. The molecule has 28 heavy (non-hydrogen) atoms. The fraction of sp³-hybridized carbons (Fsp3) is 0.391. The Labute approximate surface area is 164 Å². The monoisotopic (exact) mass is 379 g/mol. The average molecular weight is 379 g/mol. The van der Waals surface area contributed by atoms with Crippen LogP contribution in [0.15, 0.2) is 48.5 Å². The molecule has 1 N–H and O–H groups in total. The molecule has 1 saturated carbocycles. The number of amides is 1. The van der Waals surface area contributed by atoms with E-state index in [1.54, 1.807) is 12.1 Å². The molecule has 2 aromatic carbocycles. The van der Waals surface area contributed by atoms with Gasteiger partial charge in [0.2, 0.25) is 5.91 Å². The Morgan fingerprint density at radius 3 is 2.64 bits per heavy atom. The van der Waals surface area contributed by atoms with Crippen molar-refractivity contribution < 1.29 is 9.18 Å². The van der Waals surface area contributed by atoms with E-state index in [1.165, 1.54) is 12.5 Å². The van der Waals surface area contributed by atoms with E-state index in [9.17, 15) is 9.18 Å². The van der Waals surface area contributed by atoms with Gasteiger partial charge in [0.1, 0.15) is 11.6 Å². The highest BCUT2D eigenvalue weighted by Crippen LogP contribution is 2.26. The van der Waals surface area contributed by atoms with Gasteiger partial charge in [-0.3, -0.25) is 4.79 Å². The van der Waals surface area contributed by atoms with Crippen LogP contribution in [0.25, 0.3) is 11.0 Å². The molecule has 0 radical (unpaired) electrons. The third kappa shape index (κ3) is 3.79. The molecular weight excluding hydrogens is 353 g/mol. The maximum atomic E-state index is 14.3. The van der Waals surface area contributed by atoms with E-state index >= 15 is 0 Å². The Morgan fingerprint density at radius 2 is 1.86 bits per heavy atom. The van der Waals surface area contributed by atoms with Crippen molar-refractivity contribution in [2.45, 2.75) is 51.6 Å². The van der Waals surface area contributed by atoms with Crippen molar-refractivity contribution in [3.8, 4) is 0 Å². The summed E-state index contributed by atoms with van der Waals surface area (Å²) in [4.78, 5) is 17.5. The number of halogens is 1. The number of nitrogens with one attached hydrogen (secondary N) is 1. The zero-order chi connectivity index (χ0) is 19.5. The van der Waals surface area contributed by atoms with Crippen LogP contribution in [0, 0.1) is 11.7 Å². The van der Waals surface area contributed by atoms with Gasteiger partial charge in [0.25, 0.3) is 0 Å². The summed E-state index contributed by atoms with van der Waals surface area (Å²) in [5.74, 6) is 0.732. The van der Waals surface area contributed by atoms with Crippen LogP contribution >= 0.6 is 0 Å². The highest BCUT2D eigenvalue weighted by Gasteiger charge is 2.25. The average Bonchev–Trinajstić information content (AvgIpc) is 3.09. The molecule has 1 heterocycles. The number of carbonyl (C=O) groups is 1. The van der Waals surface area contributed by atoms with Crippen molar-refractivity contribution in [1.29, 1.82) is 0 Å². The van der Waals surface area contributed by atoms with Crippen LogP contribution in [0.5, 0.6) is 0 Å². The summed E-state index contributed by atoms with van der Waals surface area (Å²) in [6.45, 7) is 2.34. The molecule has 3 aromatic rings. The zero-order valence-corrected chi connectivity index (χ0v) is 16.2. The van der Waals surface area contributed by atoms with E-state index in [2.05, 4.69) is 5.32 Å². The van der Waals surface area contributed by atoms with E-state index in [4.69, 9.17) is 4.98 Å². The molecule has 4 nitrogen and oxygen atoms in total. The van der Waals surface area contributed by atoms with Crippen LogP contribution in [0.1, 0.15) is 56.5 Å². The topological polar surface area (TPSA) is 46.9 Å². The molecule has 1 aromatic heterocycles. The number of benzene rings is 2. The van der Waals surface area contributed by atoms with E-state index in [-0.39, 0.29) is 23.7 Å². The first-order valence-electron chi connectivity index (χ1n) is 10.1. The van der Waals surface area contributed by atoms with Crippen LogP contribution in [0.4, 0.5) is 4.39 Å². The van der Waals surface area contributed by atoms with Gasteiger partial charge in [-0.05, 0) is 38.0 Å². The Bertz CT molecular complexity index is 975. The van der Waals surface area contributed by atoms with E-state index < -0.39 is 0 Å². The summed E-state index contributed by atoms with van der Waals surface area (Å²) < 4.78 is 16.3. The molecule has 1 unspecified atom stereocenters. The van der Waals surface area contributed by atoms with Crippen molar-refractivity contribution >= 4 is 16.9 Å². The standard InChI is InChI=1S/C23H26FN3O/c1-16(25-23(28)17-9-3-2-4-10-17)22-26-20-13-7-8-14-21(20)27(22)15-18-11-5-6-12-19(18)24/h5-8,11-14,16-17H,2-4,9-10,15H2,1H3,(H,25,28). The second kappa shape index (κ2) is 8.13. The van der Waals surface area contributed by atoms with Gasteiger partial charge in [-0.15, -0.1) is 0 Å². The summed E-state index contributed by atoms with van der Waals surface area (Å²) in [7, 11) is 0. The lowest BCUT2D eigenvalue weighted by atomic mass is 9.88. The van der Waals surface area contributed by atoms with E-state index in [1.807, 2.05) is 41.8 Å². The van der Waals surface area contributed by atoms with Crippen molar-refractivity contribution in [3.05, 3.63) is 65.7 Å². The first-order chi connectivity index (χ1) is 13.6. The van der Waals surface area contributed by atoms with Gasteiger partial charge in [-0.2, -0.15) is 0 Å². The summed E-state index contributed by atoms with van der Waals surface area (Å²) in [6, 6.07) is 14.4. The SMILES string of the molecule is CC(NC(=O)C1CCCCC1)c1nc2ccccc2n1Cc1ccccc1F. The minimum Gasteiger partial charge on any atom is -0.346 e. The van der Waals surface area contributed by atoms with Crippen LogP contribution in [0.3, 0.4) is 0 Å². The number of rotatable bonds is 5. The fourth-order valence-electron chi connectivity index (χ4n) is 4.15. The second-order valence-electron chi connectivity index (χ2n) is 7.70. The first-order valence-corrected chi connectivity index (χ1v) is 10.1. The first kappa shape index (κ1) is 18.7. The van der Waals surface area contributed by atoms with Crippen molar-refractivity contribution in [2.24, 2.45) is 5.92 Å². The third-order valence-corrected chi connectivity index (χ3v) is 5.69. The molecule has 146 valence electrons. The number of fused-ring (bicyclic) bond motifs is 1. The van der Waals surface area contributed by atoms with Gasteiger partial charge in [0, 0.05) is 11.5 Å². The van der Waals surface area contributed by atoms with Crippen LogP contribution in [0.2, 0.25) is 0 Å².